The molecule has 1 aromatic heterocycles. The van der Waals surface area contributed by atoms with Crippen molar-refractivity contribution in [3.8, 4) is 5.75 Å². The van der Waals surface area contributed by atoms with E-state index in [9.17, 15) is 14.4 Å². The highest BCUT2D eigenvalue weighted by atomic mass is 32.1. The molecule has 0 aliphatic carbocycles. The Morgan fingerprint density at radius 2 is 1.80 bits per heavy atom. The zero-order chi connectivity index (χ0) is 24.5. The third-order valence-corrected chi connectivity index (χ3v) is 6.60. The van der Waals surface area contributed by atoms with Crippen LogP contribution in [0.4, 0.5) is 5.69 Å². The van der Waals surface area contributed by atoms with Gasteiger partial charge >= 0.3 is 0 Å². The van der Waals surface area contributed by atoms with Gasteiger partial charge in [0.1, 0.15) is 17.9 Å². The molecule has 3 amide bonds. The second kappa shape index (κ2) is 9.34. The van der Waals surface area contributed by atoms with Gasteiger partial charge in [-0.15, -0.1) is 0 Å². The average molecular weight is 489 g/mol. The first-order valence-electron chi connectivity index (χ1n) is 11.4. The van der Waals surface area contributed by atoms with Gasteiger partial charge in [-0.2, -0.15) is 0 Å². The summed E-state index contributed by atoms with van der Waals surface area (Å²) in [5, 5.41) is 3.47. The van der Waals surface area contributed by atoms with Crippen molar-refractivity contribution in [1.29, 1.82) is 0 Å². The molecule has 0 saturated carbocycles. The summed E-state index contributed by atoms with van der Waals surface area (Å²) in [6.45, 7) is 1.77. The Morgan fingerprint density at radius 3 is 2.51 bits per heavy atom. The molecule has 8 nitrogen and oxygen atoms in total. The number of hydrogen-bond donors (Lipinski definition) is 1. The second-order valence-electron chi connectivity index (χ2n) is 8.47. The van der Waals surface area contributed by atoms with Gasteiger partial charge in [-0.1, -0.05) is 18.2 Å². The van der Waals surface area contributed by atoms with Gasteiger partial charge in [-0.3, -0.25) is 24.6 Å². The Balaban J connectivity index is 1.50. The second-order valence-corrected chi connectivity index (χ2v) is 8.86. The molecule has 178 valence electrons. The molecule has 9 heteroatoms. The predicted octanol–water partition coefficient (Wildman–Crippen LogP) is 3.10. The van der Waals surface area contributed by atoms with Crippen LogP contribution >= 0.6 is 12.2 Å². The molecule has 0 atom stereocenters. The van der Waals surface area contributed by atoms with E-state index in [1.807, 2.05) is 39.9 Å². The fourth-order valence-electron chi connectivity index (χ4n) is 4.51. The quantitative estimate of drug-likeness (QED) is 0.339. The Morgan fingerprint density at radius 1 is 1.09 bits per heavy atom. The normalized spacial score (nSPS) is 17.4. The molecule has 2 fully saturated rings. The molecule has 0 spiro atoms. The van der Waals surface area contributed by atoms with Gasteiger partial charge in [-0.25, -0.2) is 0 Å². The zero-order valence-corrected chi connectivity index (χ0v) is 20.0. The SMILES string of the molecule is COc1ccc(N2C(=O)C(=Cc3cn(CC(=O)N4CCCC4)c4ccccc34)C(=O)NC2=S)cc1. The van der Waals surface area contributed by atoms with Crippen molar-refractivity contribution in [3.63, 3.8) is 0 Å². The van der Waals surface area contributed by atoms with E-state index >= 15 is 0 Å². The molecule has 3 aromatic rings. The number of methoxy groups -OCH3 is 1. The number of nitrogens with one attached hydrogen (secondary N) is 1. The van der Waals surface area contributed by atoms with Gasteiger partial charge in [0.2, 0.25) is 5.91 Å². The highest BCUT2D eigenvalue weighted by Crippen LogP contribution is 2.28. The third kappa shape index (κ3) is 4.30. The number of ether oxygens (including phenoxy) is 1. The first-order chi connectivity index (χ1) is 17.0. The number of benzene rings is 2. The largest absolute Gasteiger partial charge is 0.497 e. The number of anilines is 1. The number of rotatable bonds is 5. The van der Waals surface area contributed by atoms with Crippen LogP contribution in [0.3, 0.4) is 0 Å². The number of likely N-dealkylation sites (tertiary alicyclic amines) is 1. The highest BCUT2D eigenvalue weighted by molar-refractivity contribution is 7.80. The van der Waals surface area contributed by atoms with Gasteiger partial charge < -0.3 is 14.2 Å². The lowest BCUT2D eigenvalue weighted by atomic mass is 10.1. The smallest absolute Gasteiger partial charge is 0.270 e. The fraction of sp³-hybridized carbons (Fsp3) is 0.231. The van der Waals surface area contributed by atoms with Crippen LogP contribution in [0.5, 0.6) is 5.75 Å². The monoisotopic (exact) mass is 488 g/mol. The average Bonchev–Trinajstić information content (AvgIpc) is 3.51. The first kappa shape index (κ1) is 22.8. The molecular weight excluding hydrogens is 464 g/mol. The number of para-hydroxylation sites is 1. The Bertz CT molecular complexity index is 1370. The van der Waals surface area contributed by atoms with Crippen LogP contribution < -0.4 is 15.0 Å². The number of thiocarbonyl (C=S) groups is 1. The summed E-state index contributed by atoms with van der Waals surface area (Å²) in [4.78, 5) is 42.1. The van der Waals surface area contributed by atoms with Crippen molar-refractivity contribution < 1.29 is 19.1 Å². The lowest BCUT2D eigenvalue weighted by Crippen LogP contribution is -2.54. The molecule has 0 radical (unpaired) electrons. The number of fused-ring (bicyclic) bond motifs is 1. The number of amides is 3. The van der Waals surface area contributed by atoms with Gasteiger partial charge in [0.05, 0.1) is 12.8 Å². The molecule has 0 unspecified atom stereocenters. The molecule has 2 aliphatic rings. The summed E-state index contributed by atoms with van der Waals surface area (Å²) in [5.74, 6) is -0.381. The van der Waals surface area contributed by atoms with E-state index in [2.05, 4.69) is 5.32 Å². The van der Waals surface area contributed by atoms with Crippen molar-refractivity contribution >= 4 is 57.7 Å². The van der Waals surface area contributed by atoms with E-state index < -0.39 is 11.8 Å². The molecule has 3 heterocycles. The van der Waals surface area contributed by atoms with Crippen molar-refractivity contribution in [1.82, 2.24) is 14.8 Å². The minimum atomic E-state index is -0.560. The van der Waals surface area contributed by atoms with Crippen molar-refractivity contribution in [3.05, 3.63) is 65.9 Å². The van der Waals surface area contributed by atoms with Crippen LogP contribution in [0.25, 0.3) is 17.0 Å². The van der Waals surface area contributed by atoms with Gasteiger partial charge in [-0.05, 0) is 61.5 Å². The molecule has 2 aromatic carbocycles. The molecular formula is C26H24N4O4S. The van der Waals surface area contributed by atoms with E-state index in [1.54, 1.807) is 37.5 Å². The predicted molar refractivity (Wildman–Crippen MR) is 137 cm³/mol. The van der Waals surface area contributed by atoms with Crippen LogP contribution in [-0.2, 0) is 20.9 Å². The minimum absolute atomic E-state index is 0.0148. The Kier molecular flexibility index (Phi) is 6.08. The number of aromatic nitrogens is 1. The van der Waals surface area contributed by atoms with Crippen LogP contribution in [0.2, 0.25) is 0 Å². The number of hydrogen-bond acceptors (Lipinski definition) is 5. The molecule has 35 heavy (non-hydrogen) atoms. The summed E-state index contributed by atoms with van der Waals surface area (Å²) in [6.07, 6.45) is 5.44. The van der Waals surface area contributed by atoms with E-state index in [-0.39, 0.29) is 23.1 Å². The van der Waals surface area contributed by atoms with Gasteiger partial charge in [0, 0.05) is 35.8 Å². The van der Waals surface area contributed by atoms with Crippen molar-refractivity contribution in [2.24, 2.45) is 0 Å². The molecule has 5 rings (SSSR count). The zero-order valence-electron chi connectivity index (χ0n) is 19.2. The molecule has 1 N–H and O–H groups in total. The van der Waals surface area contributed by atoms with E-state index in [1.165, 1.54) is 4.90 Å². The van der Waals surface area contributed by atoms with Crippen molar-refractivity contribution in [2.75, 3.05) is 25.1 Å². The van der Waals surface area contributed by atoms with E-state index in [4.69, 9.17) is 17.0 Å². The van der Waals surface area contributed by atoms with E-state index in [0.717, 1.165) is 36.8 Å². The summed E-state index contributed by atoms with van der Waals surface area (Å²) in [5.41, 5.74) is 2.02. The summed E-state index contributed by atoms with van der Waals surface area (Å²) < 4.78 is 7.06. The number of nitrogens with zero attached hydrogens (tertiary/aromatic N) is 3. The minimum Gasteiger partial charge on any atom is -0.497 e. The number of carbonyl (C=O) groups excluding carboxylic acids is 3. The van der Waals surface area contributed by atoms with Gasteiger partial charge in [0.25, 0.3) is 11.8 Å². The van der Waals surface area contributed by atoms with Crippen LogP contribution in [0.15, 0.2) is 60.3 Å². The van der Waals surface area contributed by atoms with Gasteiger partial charge in [0.15, 0.2) is 5.11 Å². The van der Waals surface area contributed by atoms with Crippen LogP contribution in [-0.4, -0.2) is 52.5 Å². The Hall–Kier alpha value is -3.98. The van der Waals surface area contributed by atoms with Crippen LogP contribution in [0.1, 0.15) is 18.4 Å². The lowest BCUT2D eigenvalue weighted by Gasteiger charge is -2.29. The highest BCUT2D eigenvalue weighted by Gasteiger charge is 2.34. The topological polar surface area (TPSA) is 83.9 Å². The maximum Gasteiger partial charge on any atom is 0.270 e. The van der Waals surface area contributed by atoms with Crippen molar-refractivity contribution in [2.45, 2.75) is 19.4 Å². The summed E-state index contributed by atoms with van der Waals surface area (Å²) in [7, 11) is 1.56. The summed E-state index contributed by atoms with van der Waals surface area (Å²) >= 11 is 5.29. The Labute approximate surface area is 207 Å². The van der Waals surface area contributed by atoms with Crippen LogP contribution in [0, 0.1) is 0 Å². The molecule has 2 aliphatic heterocycles. The maximum atomic E-state index is 13.4. The summed E-state index contributed by atoms with van der Waals surface area (Å²) in [6, 6.07) is 14.5. The number of carbonyl (C=O) groups is 3. The molecule has 0 bridgehead atoms. The standard InChI is InChI=1S/C26H24N4O4S/c1-34-19-10-8-18(9-11-19)30-25(33)21(24(32)27-26(30)35)14-17-15-29(22-7-3-2-6-20(17)22)16-23(31)28-12-4-5-13-28/h2-3,6-11,14-15H,4-5,12-13,16H2,1H3,(H,27,32,35). The molecule has 2 saturated heterocycles. The fourth-order valence-corrected chi connectivity index (χ4v) is 4.79. The third-order valence-electron chi connectivity index (χ3n) is 6.32. The maximum absolute atomic E-state index is 13.4. The first-order valence-corrected chi connectivity index (χ1v) is 11.8. The van der Waals surface area contributed by atoms with E-state index in [0.29, 0.717) is 17.0 Å². The lowest BCUT2D eigenvalue weighted by molar-refractivity contribution is -0.130.